The number of carbonyl (C=O) groups is 1. The summed E-state index contributed by atoms with van der Waals surface area (Å²) in [5.74, 6) is 0.0573. The van der Waals surface area contributed by atoms with E-state index >= 15 is 0 Å². The lowest BCUT2D eigenvalue weighted by Gasteiger charge is -2.06. The summed E-state index contributed by atoms with van der Waals surface area (Å²) in [6.45, 7) is 2.45. The summed E-state index contributed by atoms with van der Waals surface area (Å²) in [5, 5.41) is 2.84. The van der Waals surface area contributed by atoms with Crippen LogP contribution < -0.4 is 11.1 Å². The molecule has 5 heteroatoms. The summed E-state index contributed by atoms with van der Waals surface area (Å²) in [4.78, 5) is 16.4. The minimum atomic E-state index is -0.280. The molecule has 0 spiro atoms. The molecule has 0 bridgehead atoms. The van der Waals surface area contributed by atoms with E-state index in [4.69, 9.17) is 10.2 Å². The van der Waals surface area contributed by atoms with E-state index in [0.29, 0.717) is 23.7 Å². The predicted octanol–water partition coefficient (Wildman–Crippen LogP) is 3.16. The Hall–Kier alpha value is -3.08. The molecule has 0 aliphatic heterocycles. The number of hydrogen-bond donors (Lipinski definition) is 2. The van der Waals surface area contributed by atoms with E-state index in [9.17, 15) is 4.79 Å². The lowest BCUT2D eigenvalue weighted by molar-refractivity contribution is 0.0946. The van der Waals surface area contributed by atoms with Crippen LogP contribution >= 0.6 is 0 Å². The number of nitrogen functional groups attached to an aromatic ring is 1. The molecule has 3 aromatic rings. The summed E-state index contributed by atoms with van der Waals surface area (Å²) in [6.07, 6.45) is 1.34. The summed E-state index contributed by atoms with van der Waals surface area (Å²) >= 11 is 0. The van der Waals surface area contributed by atoms with Crippen molar-refractivity contribution in [2.24, 2.45) is 0 Å². The molecule has 0 saturated heterocycles. The zero-order valence-corrected chi connectivity index (χ0v) is 12.7. The van der Waals surface area contributed by atoms with Crippen molar-refractivity contribution in [1.82, 2.24) is 10.3 Å². The number of anilines is 1. The fraction of sp³-hybridized carbons (Fsp3) is 0.111. The number of aryl methyl sites for hydroxylation is 1. The largest absolute Gasteiger partial charge is 0.444 e. The molecule has 0 fully saturated rings. The van der Waals surface area contributed by atoms with E-state index in [1.54, 1.807) is 12.1 Å². The van der Waals surface area contributed by atoms with Crippen molar-refractivity contribution < 1.29 is 9.21 Å². The van der Waals surface area contributed by atoms with Gasteiger partial charge in [0.15, 0.2) is 5.69 Å². The van der Waals surface area contributed by atoms with Crippen LogP contribution in [0.15, 0.2) is 59.2 Å². The molecule has 23 heavy (non-hydrogen) atoms. The third-order valence-electron chi connectivity index (χ3n) is 3.63. The number of amides is 1. The molecule has 3 N–H and O–H groups in total. The zero-order valence-electron chi connectivity index (χ0n) is 12.7. The fourth-order valence-corrected chi connectivity index (χ4v) is 2.27. The van der Waals surface area contributed by atoms with Gasteiger partial charge in [0.05, 0.1) is 5.56 Å². The monoisotopic (exact) mass is 307 g/mol. The zero-order chi connectivity index (χ0) is 16.2. The second kappa shape index (κ2) is 6.36. The van der Waals surface area contributed by atoms with Gasteiger partial charge in [-0.2, -0.15) is 0 Å². The number of nitrogens with one attached hydrogen (secondary N) is 1. The number of aromatic nitrogens is 1. The van der Waals surface area contributed by atoms with E-state index in [1.165, 1.54) is 6.26 Å². The SMILES string of the molecule is Cc1ccccc1CNC(=O)c1coc(-c2ccccc2N)n1. The van der Waals surface area contributed by atoms with E-state index in [1.807, 2.05) is 43.3 Å². The predicted molar refractivity (Wildman–Crippen MR) is 88.7 cm³/mol. The van der Waals surface area contributed by atoms with Crippen molar-refractivity contribution in [2.75, 3.05) is 5.73 Å². The van der Waals surface area contributed by atoms with Gasteiger partial charge in [0.1, 0.15) is 6.26 Å². The molecule has 0 saturated carbocycles. The normalized spacial score (nSPS) is 10.5. The molecule has 0 aliphatic rings. The molecule has 0 unspecified atom stereocenters. The number of hydrogen-bond acceptors (Lipinski definition) is 4. The molecular formula is C18H17N3O2. The van der Waals surface area contributed by atoms with Gasteiger partial charge in [0.25, 0.3) is 5.91 Å². The average Bonchev–Trinajstić information content (AvgIpc) is 3.04. The third kappa shape index (κ3) is 3.23. The fourth-order valence-electron chi connectivity index (χ4n) is 2.27. The third-order valence-corrected chi connectivity index (χ3v) is 3.63. The molecule has 5 nitrogen and oxygen atoms in total. The Morgan fingerprint density at radius 3 is 2.70 bits per heavy atom. The van der Waals surface area contributed by atoms with Crippen molar-refractivity contribution in [3.8, 4) is 11.5 Å². The van der Waals surface area contributed by atoms with E-state index < -0.39 is 0 Å². The standard InChI is InChI=1S/C18H17N3O2/c1-12-6-2-3-7-13(12)10-20-17(22)16-11-23-18(21-16)14-8-4-5-9-15(14)19/h2-9,11H,10,19H2,1H3,(H,20,22). The van der Waals surface area contributed by atoms with Crippen LogP contribution in [0.2, 0.25) is 0 Å². The van der Waals surface area contributed by atoms with Crippen LogP contribution in [-0.2, 0) is 6.54 Å². The van der Waals surface area contributed by atoms with Gasteiger partial charge >= 0.3 is 0 Å². The highest BCUT2D eigenvalue weighted by atomic mass is 16.3. The van der Waals surface area contributed by atoms with E-state index in [2.05, 4.69) is 10.3 Å². The van der Waals surface area contributed by atoms with Gasteiger partial charge in [-0.1, -0.05) is 36.4 Å². The smallest absolute Gasteiger partial charge is 0.273 e. The highest BCUT2D eigenvalue weighted by Crippen LogP contribution is 2.24. The number of nitrogens with two attached hydrogens (primary N) is 1. The lowest BCUT2D eigenvalue weighted by atomic mass is 10.1. The molecule has 2 aromatic carbocycles. The number of para-hydroxylation sites is 1. The first-order valence-electron chi connectivity index (χ1n) is 7.28. The molecule has 1 heterocycles. The Morgan fingerprint density at radius 1 is 1.17 bits per heavy atom. The van der Waals surface area contributed by atoms with Crippen LogP contribution in [0.1, 0.15) is 21.6 Å². The number of rotatable bonds is 4. The van der Waals surface area contributed by atoms with Crippen molar-refractivity contribution in [3.63, 3.8) is 0 Å². The number of benzene rings is 2. The Balaban J connectivity index is 1.72. The maximum absolute atomic E-state index is 12.2. The Kier molecular flexibility index (Phi) is 4.10. The topological polar surface area (TPSA) is 81.2 Å². The molecule has 3 rings (SSSR count). The first-order chi connectivity index (χ1) is 11.1. The second-order valence-corrected chi connectivity index (χ2v) is 5.23. The van der Waals surface area contributed by atoms with Gasteiger partial charge in [-0.3, -0.25) is 4.79 Å². The number of carbonyl (C=O) groups excluding carboxylic acids is 1. The van der Waals surface area contributed by atoms with Crippen molar-refractivity contribution in [1.29, 1.82) is 0 Å². The summed E-state index contributed by atoms with van der Waals surface area (Å²) < 4.78 is 5.38. The quantitative estimate of drug-likeness (QED) is 0.725. The molecule has 116 valence electrons. The van der Waals surface area contributed by atoms with Gasteiger partial charge in [-0.05, 0) is 30.2 Å². The molecule has 1 aromatic heterocycles. The lowest BCUT2D eigenvalue weighted by Crippen LogP contribution is -2.23. The Labute approximate surface area is 134 Å². The maximum Gasteiger partial charge on any atom is 0.273 e. The summed E-state index contributed by atoms with van der Waals surface area (Å²) in [6, 6.07) is 15.1. The molecule has 0 aliphatic carbocycles. The van der Waals surface area contributed by atoms with Crippen LogP contribution in [0.25, 0.3) is 11.5 Å². The Bertz CT molecular complexity index is 840. The summed E-state index contributed by atoms with van der Waals surface area (Å²) in [5.41, 5.74) is 9.55. The van der Waals surface area contributed by atoms with Gasteiger partial charge < -0.3 is 15.5 Å². The first-order valence-corrected chi connectivity index (χ1v) is 7.28. The second-order valence-electron chi connectivity index (χ2n) is 5.23. The summed E-state index contributed by atoms with van der Waals surface area (Å²) in [7, 11) is 0. The highest BCUT2D eigenvalue weighted by molar-refractivity contribution is 5.92. The van der Waals surface area contributed by atoms with Gasteiger partial charge in [0.2, 0.25) is 5.89 Å². The molecule has 1 amide bonds. The van der Waals surface area contributed by atoms with Crippen LogP contribution in [0.4, 0.5) is 5.69 Å². The number of nitrogens with zero attached hydrogens (tertiary/aromatic N) is 1. The van der Waals surface area contributed by atoms with Gasteiger partial charge in [0, 0.05) is 12.2 Å². The van der Waals surface area contributed by atoms with Crippen LogP contribution in [0, 0.1) is 6.92 Å². The minimum absolute atomic E-state index is 0.233. The van der Waals surface area contributed by atoms with Crippen LogP contribution in [0.5, 0.6) is 0 Å². The minimum Gasteiger partial charge on any atom is -0.444 e. The first kappa shape index (κ1) is 14.8. The molecule has 0 atom stereocenters. The van der Waals surface area contributed by atoms with Crippen molar-refractivity contribution >= 4 is 11.6 Å². The van der Waals surface area contributed by atoms with Gasteiger partial charge in [-0.25, -0.2) is 4.98 Å². The number of oxazole rings is 1. The maximum atomic E-state index is 12.2. The Morgan fingerprint density at radius 2 is 1.91 bits per heavy atom. The van der Waals surface area contributed by atoms with E-state index in [0.717, 1.165) is 11.1 Å². The van der Waals surface area contributed by atoms with Crippen LogP contribution in [-0.4, -0.2) is 10.9 Å². The van der Waals surface area contributed by atoms with Gasteiger partial charge in [-0.15, -0.1) is 0 Å². The van der Waals surface area contributed by atoms with Crippen LogP contribution in [0.3, 0.4) is 0 Å². The van der Waals surface area contributed by atoms with E-state index in [-0.39, 0.29) is 11.6 Å². The van der Waals surface area contributed by atoms with Crippen molar-refractivity contribution in [2.45, 2.75) is 13.5 Å². The molecule has 0 radical (unpaired) electrons. The molecular weight excluding hydrogens is 290 g/mol. The van der Waals surface area contributed by atoms with Crippen molar-refractivity contribution in [3.05, 3.63) is 71.6 Å². The highest BCUT2D eigenvalue weighted by Gasteiger charge is 2.14. The average molecular weight is 307 g/mol.